The number of carbonyl (C=O) groups is 1. The van der Waals surface area contributed by atoms with Gasteiger partial charge in [0.2, 0.25) is 0 Å². The summed E-state index contributed by atoms with van der Waals surface area (Å²) < 4.78 is 0.715. The molecule has 21 heavy (non-hydrogen) atoms. The molecule has 3 aromatic rings. The molecule has 2 aromatic heterocycles. The number of nitrogen functional groups attached to an aromatic ring is 1. The van der Waals surface area contributed by atoms with Crippen LogP contribution >= 0.6 is 11.3 Å². The Hall–Kier alpha value is -2.91. The molecule has 4 N–H and O–H groups in total. The summed E-state index contributed by atoms with van der Waals surface area (Å²) in [6, 6.07) is 11.2. The van der Waals surface area contributed by atoms with Crippen molar-refractivity contribution in [2.24, 2.45) is 5.73 Å². The first kappa shape index (κ1) is 13.1. The minimum absolute atomic E-state index is 0.354. The van der Waals surface area contributed by atoms with Gasteiger partial charge in [0, 0.05) is 16.5 Å². The Morgan fingerprint density at radius 3 is 2.86 bits per heavy atom. The number of thiophene rings is 1. The second-order valence-electron chi connectivity index (χ2n) is 4.47. The van der Waals surface area contributed by atoms with Crippen LogP contribution in [0.3, 0.4) is 0 Å². The highest BCUT2D eigenvalue weighted by atomic mass is 32.1. The number of primary amides is 1. The molecular formula is C15H10N4OS. The van der Waals surface area contributed by atoms with Gasteiger partial charge in [-0.15, -0.1) is 11.3 Å². The number of carbonyl (C=O) groups excluding carboxylic acids is 1. The lowest BCUT2D eigenvalue weighted by Crippen LogP contribution is -2.11. The normalized spacial score (nSPS) is 10.4. The maximum atomic E-state index is 11.5. The van der Waals surface area contributed by atoms with Crippen LogP contribution in [0.15, 0.2) is 36.5 Å². The number of hydrogen-bond acceptors (Lipinski definition) is 5. The van der Waals surface area contributed by atoms with Crippen LogP contribution in [0, 0.1) is 11.3 Å². The monoisotopic (exact) mass is 294 g/mol. The van der Waals surface area contributed by atoms with Crippen LogP contribution in [0.4, 0.5) is 5.82 Å². The van der Waals surface area contributed by atoms with E-state index in [1.54, 1.807) is 12.1 Å². The Morgan fingerprint density at radius 1 is 1.33 bits per heavy atom. The number of fused-ring (bicyclic) bond motifs is 1. The molecule has 0 saturated heterocycles. The molecular weight excluding hydrogens is 284 g/mol. The lowest BCUT2D eigenvalue weighted by atomic mass is 10.1. The number of nitrogens with two attached hydrogens (primary N) is 2. The molecule has 0 fully saturated rings. The van der Waals surface area contributed by atoms with Gasteiger partial charge < -0.3 is 11.5 Å². The number of pyridine rings is 1. The Morgan fingerprint density at radius 2 is 2.14 bits per heavy atom. The Balaban J connectivity index is 2.26. The predicted octanol–water partition coefficient (Wildman–Crippen LogP) is 2.52. The van der Waals surface area contributed by atoms with Gasteiger partial charge in [0.1, 0.15) is 5.82 Å². The van der Waals surface area contributed by atoms with Crippen molar-refractivity contribution >= 4 is 33.1 Å². The number of nitrogens with zero attached hydrogens (tertiary/aromatic N) is 2. The molecule has 0 bridgehead atoms. The largest absolute Gasteiger partial charge is 0.383 e. The van der Waals surface area contributed by atoms with E-state index in [0.717, 1.165) is 10.4 Å². The Bertz CT molecular complexity index is 908. The smallest absolute Gasteiger partial charge is 0.251 e. The van der Waals surface area contributed by atoms with Crippen molar-refractivity contribution < 1.29 is 4.79 Å². The lowest BCUT2D eigenvalue weighted by Gasteiger charge is -1.99. The highest BCUT2D eigenvalue weighted by Gasteiger charge is 2.14. The number of hydrogen-bond donors (Lipinski definition) is 2. The summed E-state index contributed by atoms with van der Waals surface area (Å²) in [7, 11) is 0. The summed E-state index contributed by atoms with van der Waals surface area (Å²) in [5.41, 5.74) is 13.1. The second-order valence-corrected chi connectivity index (χ2v) is 5.52. The number of benzene rings is 1. The van der Waals surface area contributed by atoms with Crippen molar-refractivity contribution in [1.82, 2.24) is 4.98 Å². The van der Waals surface area contributed by atoms with Gasteiger partial charge in [0.15, 0.2) is 0 Å². The fourth-order valence-corrected chi connectivity index (χ4v) is 3.28. The van der Waals surface area contributed by atoms with E-state index in [4.69, 9.17) is 16.7 Å². The molecule has 102 valence electrons. The zero-order chi connectivity index (χ0) is 15.0. The molecule has 0 radical (unpaired) electrons. The molecule has 0 atom stereocenters. The molecule has 0 saturated carbocycles. The zero-order valence-corrected chi connectivity index (χ0v) is 11.6. The summed E-state index contributed by atoms with van der Waals surface area (Å²) in [6.45, 7) is 0. The third-order valence-corrected chi connectivity index (χ3v) is 4.34. The van der Waals surface area contributed by atoms with E-state index in [1.807, 2.05) is 18.2 Å². The molecule has 3 rings (SSSR count). The van der Waals surface area contributed by atoms with E-state index in [2.05, 4.69) is 11.1 Å². The Kier molecular flexibility index (Phi) is 3.05. The highest BCUT2D eigenvalue weighted by Crippen LogP contribution is 2.37. The number of nitriles is 1. The number of aromatic nitrogens is 1. The molecule has 1 amide bonds. The van der Waals surface area contributed by atoms with E-state index in [1.165, 1.54) is 17.5 Å². The summed E-state index contributed by atoms with van der Waals surface area (Å²) >= 11 is 1.41. The summed E-state index contributed by atoms with van der Waals surface area (Å²) in [4.78, 5) is 16.4. The average Bonchev–Trinajstić information content (AvgIpc) is 2.93. The Labute approximate surface area is 124 Å². The number of amides is 1. The first-order valence-corrected chi connectivity index (χ1v) is 6.90. The van der Waals surface area contributed by atoms with Gasteiger partial charge in [-0.2, -0.15) is 5.26 Å². The van der Waals surface area contributed by atoms with Gasteiger partial charge >= 0.3 is 0 Å². The molecule has 0 unspecified atom stereocenters. The standard InChI is InChI=1S/C15H10N4OS/c16-6-8-2-1-3-9(4-8)12-5-10-13(21-12)11(15(18)20)7-19-14(10)17/h1-5,7H,(H2,17,19)(H2,18,20). The summed E-state index contributed by atoms with van der Waals surface area (Å²) in [5, 5.41) is 9.67. The van der Waals surface area contributed by atoms with Crippen LogP contribution in [-0.4, -0.2) is 10.9 Å². The van der Waals surface area contributed by atoms with Gasteiger partial charge in [0.05, 0.1) is 21.9 Å². The third kappa shape index (κ3) is 2.20. The van der Waals surface area contributed by atoms with Crippen molar-refractivity contribution in [3.05, 3.63) is 47.7 Å². The molecule has 0 aliphatic rings. The van der Waals surface area contributed by atoms with Gasteiger partial charge in [-0.05, 0) is 23.8 Å². The molecule has 2 heterocycles. The molecule has 1 aromatic carbocycles. The molecule has 0 aliphatic carbocycles. The van der Waals surface area contributed by atoms with Crippen LogP contribution < -0.4 is 11.5 Å². The van der Waals surface area contributed by atoms with Gasteiger partial charge in [-0.1, -0.05) is 12.1 Å². The maximum absolute atomic E-state index is 11.5. The van der Waals surface area contributed by atoms with E-state index < -0.39 is 5.91 Å². The quantitative estimate of drug-likeness (QED) is 0.757. The molecule has 0 spiro atoms. The molecule has 0 aliphatic heterocycles. The first-order valence-electron chi connectivity index (χ1n) is 6.08. The van der Waals surface area contributed by atoms with Crippen LogP contribution in [0.1, 0.15) is 15.9 Å². The van der Waals surface area contributed by atoms with Crippen molar-refractivity contribution in [2.45, 2.75) is 0 Å². The van der Waals surface area contributed by atoms with Crippen LogP contribution in [0.5, 0.6) is 0 Å². The summed E-state index contributed by atoms with van der Waals surface area (Å²) in [5.74, 6) is -0.180. The second kappa shape index (κ2) is 4.89. The first-order chi connectivity index (χ1) is 10.1. The SMILES string of the molecule is N#Cc1cccc(-c2cc3c(N)ncc(C(N)=O)c3s2)c1. The lowest BCUT2D eigenvalue weighted by molar-refractivity contribution is 0.100. The van der Waals surface area contributed by atoms with Crippen LogP contribution in [0.2, 0.25) is 0 Å². The maximum Gasteiger partial charge on any atom is 0.251 e. The fourth-order valence-electron chi connectivity index (χ4n) is 2.10. The highest BCUT2D eigenvalue weighted by molar-refractivity contribution is 7.22. The zero-order valence-electron chi connectivity index (χ0n) is 10.8. The number of anilines is 1. The third-order valence-electron chi connectivity index (χ3n) is 3.13. The van der Waals surface area contributed by atoms with E-state index in [0.29, 0.717) is 27.0 Å². The summed E-state index contributed by atoms with van der Waals surface area (Å²) in [6.07, 6.45) is 1.39. The van der Waals surface area contributed by atoms with Gasteiger partial charge in [-0.25, -0.2) is 4.98 Å². The minimum atomic E-state index is -0.535. The minimum Gasteiger partial charge on any atom is -0.383 e. The van der Waals surface area contributed by atoms with Gasteiger partial charge in [-0.3, -0.25) is 4.79 Å². The van der Waals surface area contributed by atoms with E-state index in [-0.39, 0.29) is 0 Å². The van der Waals surface area contributed by atoms with Gasteiger partial charge in [0.25, 0.3) is 5.91 Å². The fraction of sp³-hybridized carbons (Fsp3) is 0. The molecule has 5 nitrogen and oxygen atoms in total. The number of rotatable bonds is 2. The van der Waals surface area contributed by atoms with E-state index in [9.17, 15) is 4.79 Å². The van der Waals surface area contributed by atoms with Crippen LogP contribution in [0.25, 0.3) is 20.5 Å². The predicted molar refractivity (Wildman–Crippen MR) is 82.7 cm³/mol. The van der Waals surface area contributed by atoms with Crippen molar-refractivity contribution in [1.29, 1.82) is 5.26 Å². The van der Waals surface area contributed by atoms with E-state index >= 15 is 0 Å². The van der Waals surface area contributed by atoms with Crippen molar-refractivity contribution in [2.75, 3.05) is 5.73 Å². The average molecular weight is 294 g/mol. The molecule has 6 heteroatoms. The van der Waals surface area contributed by atoms with Crippen molar-refractivity contribution in [3.8, 4) is 16.5 Å². The van der Waals surface area contributed by atoms with Crippen LogP contribution in [-0.2, 0) is 0 Å². The van der Waals surface area contributed by atoms with Crippen molar-refractivity contribution in [3.63, 3.8) is 0 Å². The topological polar surface area (TPSA) is 106 Å².